The maximum atomic E-state index is 12.2. The molecular formula is C20H17N3O3S. The Labute approximate surface area is 160 Å². The fourth-order valence-corrected chi connectivity index (χ4v) is 3.29. The van der Waals surface area contributed by atoms with Crippen LogP contribution in [-0.2, 0) is 12.3 Å². The molecule has 0 saturated heterocycles. The number of rotatable bonds is 6. The number of carbonyl (C=O) groups is 1. The Hall–Kier alpha value is -3.06. The fourth-order valence-electron chi connectivity index (χ4n) is 2.56. The van der Waals surface area contributed by atoms with Crippen molar-refractivity contribution < 1.29 is 13.6 Å². The lowest BCUT2D eigenvalue weighted by Crippen LogP contribution is -2.22. The van der Waals surface area contributed by atoms with Gasteiger partial charge in [0, 0.05) is 18.9 Å². The Morgan fingerprint density at radius 1 is 1.11 bits per heavy atom. The molecule has 27 heavy (non-hydrogen) atoms. The highest BCUT2D eigenvalue weighted by Gasteiger charge is 2.13. The van der Waals surface area contributed by atoms with Crippen molar-refractivity contribution in [3.63, 3.8) is 0 Å². The van der Waals surface area contributed by atoms with Crippen molar-refractivity contribution in [1.82, 2.24) is 15.3 Å². The van der Waals surface area contributed by atoms with Gasteiger partial charge in [-0.25, -0.2) is 4.98 Å². The van der Waals surface area contributed by atoms with Crippen LogP contribution in [0, 0.1) is 6.92 Å². The number of aromatic nitrogens is 2. The zero-order valence-corrected chi connectivity index (χ0v) is 15.5. The van der Waals surface area contributed by atoms with Crippen molar-refractivity contribution in [3.05, 3.63) is 77.5 Å². The van der Waals surface area contributed by atoms with Crippen molar-refractivity contribution in [2.45, 2.75) is 24.4 Å². The first-order chi connectivity index (χ1) is 13.2. The molecule has 1 amide bonds. The number of fused-ring (bicyclic) bond motifs is 1. The summed E-state index contributed by atoms with van der Waals surface area (Å²) in [5, 5.41) is 3.41. The summed E-state index contributed by atoms with van der Waals surface area (Å²) in [4.78, 5) is 20.6. The van der Waals surface area contributed by atoms with E-state index < -0.39 is 0 Å². The third kappa shape index (κ3) is 4.20. The normalized spacial score (nSPS) is 11.0. The van der Waals surface area contributed by atoms with Gasteiger partial charge in [-0.1, -0.05) is 17.8 Å². The maximum Gasteiger partial charge on any atom is 0.287 e. The van der Waals surface area contributed by atoms with Gasteiger partial charge in [0.15, 0.2) is 11.3 Å². The van der Waals surface area contributed by atoms with Crippen LogP contribution in [0.2, 0.25) is 0 Å². The van der Waals surface area contributed by atoms with Gasteiger partial charge in [0.2, 0.25) is 0 Å². The fraction of sp³-hybridized carbons (Fsp3) is 0.150. The van der Waals surface area contributed by atoms with Crippen molar-refractivity contribution in [1.29, 1.82) is 0 Å². The highest BCUT2D eigenvalue weighted by molar-refractivity contribution is 7.98. The van der Waals surface area contributed by atoms with Gasteiger partial charge in [-0.2, -0.15) is 0 Å². The number of hydrogen-bond donors (Lipinski definition) is 1. The molecule has 1 aromatic carbocycles. The second kappa shape index (κ2) is 7.67. The Bertz CT molecular complexity index is 1070. The number of pyridine rings is 1. The lowest BCUT2D eigenvalue weighted by atomic mass is 10.2. The van der Waals surface area contributed by atoms with E-state index in [2.05, 4.69) is 15.3 Å². The minimum Gasteiger partial charge on any atom is -0.455 e. The Morgan fingerprint density at radius 2 is 1.96 bits per heavy atom. The quantitative estimate of drug-likeness (QED) is 0.502. The van der Waals surface area contributed by atoms with E-state index in [1.807, 2.05) is 37.3 Å². The molecule has 4 aromatic rings. The van der Waals surface area contributed by atoms with E-state index in [0.717, 1.165) is 22.2 Å². The van der Waals surface area contributed by atoms with Crippen LogP contribution >= 0.6 is 11.8 Å². The van der Waals surface area contributed by atoms with Crippen molar-refractivity contribution >= 4 is 28.8 Å². The highest BCUT2D eigenvalue weighted by atomic mass is 32.2. The summed E-state index contributed by atoms with van der Waals surface area (Å²) in [5.41, 5.74) is 3.72. The molecule has 7 heteroatoms. The van der Waals surface area contributed by atoms with Crippen LogP contribution in [0.3, 0.4) is 0 Å². The van der Waals surface area contributed by atoms with Gasteiger partial charge in [-0.3, -0.25) is 9.78 Å². The molecule has 0 aliphatic carbocycles. The number of nitrogens with zero attached hydrogens (tertiary/aromatic N) is 2. The second-order valence-corrected chi connectivity index (χ2v) is 6.97. The van der Waals surface area contributed by atoms with Gasteiger partial charge in [-0.15, -0.1) is 0 Å². The predicted octanol–water partition coefficient (Wildman–Crippen LogP) is 4.35. The van der Waals surface area contributed by atoms with Gasteiger partial charge in [0.1, 0.15) is 11.3 Å². The minimum atomic E-state index is -0.250. The second-order valence-electron chi connectivity index (χ2n) is 6.04. The molecule has 0 fully saturated rings. The average Bonchev–Trinajstić information content (AvgIpc) is 3.31. The third-order valence-corrected chi connectivity index (χ3v) is 4.80. The molecule has 6 nitrogen and oxygen atoms in total. The van der Waals surface area contributed by atoms with E-state index in [4.69, 9.17) is 8.83 Å². The molecule has 0 aliphatic rings. The molecule has 0 saturated carbocycles. The summed E-state index contributed by atoms with van der Waals surface area (Å²) in [6.07, 6.45) is 3.38. The SMILES string of the molecule is Cc1ccc2oc(SCc3ccc(C(=O)NCc4ccncc4)o3)nc2c1. The first-order valence-electron chi connectivity index (χ1n) is 8.43. The van der Waals surface area contributed by atoms with Crippen LogP contribution in [0.4, 0.5) is 0 Å². The predicted molar refractivity (Wildman–Crippen MR) is 102 cm³/mol. The molecule has 0 bridgehead atoms. The molecule has 3 aromatic heterocycles. The van der Waals surface area contributed by atoms with Crippen molar-refractivity contribution in [2.75, 3.05) is 0 Å². The number of benzene rings is 1. The van der Waals surface area contributed by atoms with Crippen molar-refractivity contribution in [3.8, 4) is 0 Å². The molecule has 0 aliphatic heterocycles. The van der Waals surface area contributed by atoms with Gasteiger partial charge in [0.05, 0.1) is 5.75 Å². The zero-order chi connectivity index (χ0) is 18.6. The minimum absolute atomic E-state index is 0.250. The van der Waals surface area contributed by atoms with E-state index in [1.54, 1.807) is 24.5 Å². The van der Waals surface area contributed by atoms with Gasteiger partial charge in [-0.05, 0) is 54.4 Å². The van der Waals surface area contributed by atoms with Crippen molar-refractivity contribution in [2.24, 2.45) is 0 Å². The van der Waals surface area contributed by atoms with Gasteiger partial charge in [0.25, 0.3) is 11.1 Å². The first kappa shape index (κ1) is 17.4. The maximum absolute atomic E-state index is 12.2. The standard InChI is InChI=1S/C20H17N3O3S/c1-13-2-4-17-16(10-13)23-20(26-17)27-12-15-3-5-18(25-15)19(24)22-11-14-6-8-21-9-7-14/h2-10H,11-12H2,1H3,(H,22,24). The van der Waals surface area contributed by atoms with E-state index in [9.17, 15) is 4.79 Å². The Morgan fingerprint density at radius 3 is 2.81 bits per heavy atom. The average molecular weight is 379 g/mol. The summed E-state index contributed by atoms with van der Waals surface area (Å²) in [5.74, 6) is 1.25. The number of thioether (sulfide) groups is 1. The number of amides is 1. The number of aryl methyl sites for hydroxylation is 1. The Balaban J connectivity index is 1.35. The molecule has 0 atom stereocenters. The molecule has 1 N–H and O–H groups in total. The molecule has 0 spiro atoms. The topological polar surface area (TPSA) is 81.2 Å². The summed E-state index contributed by atoms with van der Waals surface area (Å²) in [6, 6.07) is 13.1. The molecular weight excluding hydrogens is 362 g/mol. The summed E-state index contributed by atoms with van der Waals surface area (Å²) < 4.78 is 11.3. The first-order valence-corrected chi connectivity index (χ1v) is 9.42. The lowest BCUT2D eigenvalue weighted by molar-refractivity contribution is 0.0921. The number of carbonyl (C=O) groups excluding carboxylic acids is 1. The summed E-state index contributed by atoms with van der Waals surface area (Å²) in [6.45, 7) is 2.44. The van der Waals surface area contributed by atoms with Gasteiger partial charge >= 0.3 is 0 Å². The lowest BCUT2D eigenvalue weighted by Gasteiger charge is -2.02. The van der Waals surface area contributed by atoms with E-state index >= 15 is 0 Å². The largest absolute Gasteiger partial charge is 0.455 e. The number of furan rings is 1. The van der Waals surface area contributed by atoms with E-state index in [0.29, 0.717) is 23.3 Å². The monoisotopic (exact) mass is 379 g/mol. The van der Waals surface area contributed by atoms with Crippen LogP contribution in [0.1, 0.15) is 27.4 Å². The smallest absolute Gasteiger partial charge is 0.287 e. The molecule has 136 valence electrons. The molecule has 0 unspecified atom stereocenters. The summed E-state index contributed by atoms with van der Waals surface area (Å²) in [7, 11) is 0. The van der Waals surface area contributed by atoms with E-state index in [1.165, 1.54) is 11.8 Å². The zero-order valence-electron chi connectivity index (χ0n) is 14.6. The number of hydrogen-bond acceptors (Lipinski definition) is 6. The van der Waals surface area contributed by atoms with Crippen LogP contribution in [-0.4, -0.2) is 15.9 Å². The van der Waals surface area contributed by atoms with Crippen LogP contribution < -0.4 is 5.32 Å². The van der Waals surface area contributed by atoms with E-state index in [-0.39, 0.29) is 11.7 Å². The Kier molecular flexibility index (Phi) is 4.93. The van der Waals surface area contributed by atoms with Crippen LogP contribution in [0.5, 0.6) is 0 Å². The summed E-state index contributed by atoms with van der Waals surface area (Å²) >= 11 is 1.43. The van der Waals surface area contributed by atoms with Crippen LogP contribution in [0.25, 0.3) is 11.1 Å². The molecule has 0 radical (unpaired) electrons. The molecule has 4 rings (SSSR count). The third-order valence-electron chi connectivity index (χ3n) is 3.95. The highest BCUT2D eigenvalue weighted by Crippen LogP contribution is 2.27. The van der Waals surface area contributed by atoms with Gasteiger partial charge < -0.3 is 14.2 Å². The number of oxazole rings is 1. The van der Waals surface area contributed by atoms with Crippen LogP contribution in [0.15, 0.2) is 68.9 Å². The molecule has 3 heterocycles. The number of nitrogens with one attached hydrogen (secondary N) is 1.